The molecule has 0 amide bonds. The summed E-state index contributed by atoms with van der Waals surface area (Å²) >= 11 is 0. The van der Waals surface area contributed by atoms with E-state index in [2.05, 4.69) is 4.98 Å². The lowest BCUT2D eigenvalue weighted by Gasteiger charge is -2.18. The van der Waals surface area contributed by atoms with Gasteiger partial charge in [-0.15, -0.1) is 0 Å². The molecule has 9 heteroatoms. The summed E-state index contributed by atoms with van der Waals surface area (Å²) in [4.78, 5) is 26.5. The second kappa shape index (κ2) is 6.36. The van der Waals surface area contributed by atoms with Gasteiger partial charge in [0.05, 0.1) is 6.61 Å². The number of allylic oxidation sites excluding steroid dienone is 1. The molecule has 0 radical (unpaired) electrons. The van der Waals surface area contributed by atoms with Gasteiger partial charge in [-0.3, -0.25) is 9.36 Å². The molecular weight excluding hydrogens is 294 g/mol. The Bertz CT molecular complexity index is 656. The Morgan fingerprint density at radius 3 is 2.73 bits per heavy atom. The molecule has 9 nitrogen and oxygen atoms in total. The normalized spacial score (nSPS) is 28.4. The van der Waals surface area contributed by atoms with Crippen LogP contribution in [0.15, 0.2) is 17.1 Å². The molecule has 0 saturated carbocycles. The molecule has 5 N–H and O–H groups in total. The summed E-state index contributed by atoms with van der Waals surface area (Å²) in [7, 11) is 0. The van der Waals surface area contributed by atoms with Crippen molar-refractivity contribution in [1.82, 2.24) is 9.55 Å². The molecule has 0 bridgehead atoms. The number of ketones is 1. The summed E-state index contributed by atoms with van der Waals surface area (Å²) in [6, 6.07) is 0. The molecule has 0 aromatic carbocycles. The number of nitrogens with two attached hydrogens (primary N) is 1. The number of carbonyl (C=O) groups excluding carboxylic acids is 1. The first-order valence-electron chi connectivity index (χ1n) is 6.55. The molecule has 0 spiro atoms. The van der Waals surface area contributed by atoms with Gasteiger partial charge >= 0.3 is 5.69 Å². The number of aliphatic hydroxyl groups excluding tert-OH is 3. The van der Waals surface area contributed by atoms with Gasteiger partial charge < -0.3 is 25.8 Å². The first kappa shape index (κ1) is 16.3. The monoisotopic (exact) mass is 311 g/mol. The van der Waals surface area contributed by atoms with Crippen LogP contribution in [0.3, 0.4) is 0 Å². The van der Waals surface area contributed by atoms with E-state index in [0.717, 1.165) is 4.57 Å². The Morgan fingerprint density at radius 2 is 2.18 bits per heavy atom. The van der Waals surface area contributed by atoms with E-state index in [9.17, 15) is 19.8 Å². The van der Waals surface area contributed by atoms with Gasteiger partial charge in [0.15, 0.2) is 12.0 Å². The van der Waals surface area contributed by atoms with E-state index in [1.165, 1.54) is 25.3 Å². The van der Waals surface area contributed by atoms with Crippen LogP contribution in [-0.4, -0.2) is 55.6 Å². The molecule has 1 aromatic rings. The molecule has 1 aliphatic heterocycles. The molecule has 1 aliphatic rings. The van der Waals surface area contributed by atoms with Gasteiger partial charge in [-0.25, -0.2) is 4.79 Å². The van der Waals surface area contributed by atoms with Crippen molar-refractivity contribution in [2.24, 2.45) is 0 Å². The lowest BCUT2D eigenvalue weighted by molar-refractivity contribution is -0.112. The standard InChI is InChI=1S/C13H17N3O6/c1-6(18)2-3-7-4-16(13(21)15-11(7)14)12-10(20)9(19)8(5-17)22-12/h2-4,8-10,12,17,19-20H,5H2,1H3,(H2,14,15,21)/b3-2+/t8-,9-,10-,12-/m1/s1. The molecule has 0 aliphatic carbocycles. The number of hydrogen-bond donors (Lipinski definition) is 4. The Balaban J connectivity index is 2.41. The van der Waals surface area contributed by atoms with Crippen molar-refractivity contribution < 1.29 is 24.9 Å². The van der Waals surface area contributed by atoms with E-state index >= 15 is 0 Å². The third kappa shape index (κ3) is 3.07. The summed E-state index contributed by atoms with van der Waals surface area (Å²) in [5, 5.41) is 28.7. The maximum atomic E-state index is 11.9. The molecule has 2 heterocycles. The maximum absolute atomic E-state index is 11.9. The Morgan fingerprint density at radius 1 is 1.50 bits per heavy atom. The largest absolute Gasteiger partial charge is 0.394 e. The number of aliphatic hydroxyl groups is 3. The minimum atomic E-state index is -1.41. The van der Waals surface area contributed by atoms with Crippen molar-refractivity contribution in [3.05, 3.63) is 28.3 Å². The second-order valence-electron chi connectivity index (χ2n) is 4.94. The lowest BCUT2D eigenvalue weighted by Crippen LogP contribution is -2.36. The Kier molecular flexibility index (Phi) is 4.71. The Hall–Kier alpha value is -2.07. The molecule has 2 rings (SSSR count). The third-order valence-corrected chi connectivity index (χ3v) is 3.30. The average Bonchev–Trinajstić information content (AvgIpc) is 2.74. The summed E-state index contributed by atoms with van der Waals surface area (Å²) in [6.45, 7) is 0.838. The van der Waals surface area contributed by atoms with Crippen LogP contribution in [0, 0.1) is 0 Å². The smallest absolute Gasteiger partial charge is 0.351 e. The summed E-state index contributed by atoms with van der Waals surface area (Å²) < 4.78 is 6.22. The van der Waals surface area contributed by atoms with Crippen LogP contribution in [0.4, 0.5) is 5.82 Å². The number of ether oxygens (including phenoxy) is 1. The van der Waals surface area contributed by atoms with Crippen LogP contribution in [0.5, 0.6) is 0 Å². The number of nitrogen functional groups attached to an aromatic ring is 1. The topological polar surface area (TPSA) is 148 Å². The highest BCUT2D eigenvalue weighted by Crippen LogP contribution is 2.28. The second-order valence-corrected chi connectivity index (χ2v) is 4.94. The van der Waals surface area contributed by atoms with Gasteiger partial charge in [0.1, 0.15) is 24.1 Å². The van der Waals surface area contributed by atoms with Crippen LogP contribution in [0.2, 0.25) is 0 Å². The predicted octanol–water partition coefficient (Wildman–Crippen LogP) is -1.96. The van der Waals surface area contributed by atoms with E-state index < -0.39 is 36.8 Å². The van der Waals surface area contributed by atoms with Gasteiger partial charge in [-0.2, -0.15) is 4.98 Å². The van der Waals surface area contributed by atoms with E-state index in [4.69, 9.17) is 15.6 Å². The number of carbonyl (C=O) groups is 1. The fraction of sp³-hybridized carbons (Fsp3) is 0.462. The molecule has 22 heavy (non-hydrogen) atoms. The molecule has 1 saturated heterocycles. The van der Waals surface area contributed by atoms with E-state index in [1.54, 1.807) is 0 Å². The third-order valence-electron chi connectivity index (χ3n) is 3.30. The molecule has 4 atom stereocenters. The lowest BCUT2D eigenvalue weighted by atomic mass is 10.1. The molecule has 120 valence electrons. The van der Waals surface area contributed by atoms with Gasteiger partial charge in [0.2, 0.25) is 0 Å². The van der Waals surface area contributed by atoms with Gasteiger partial charge in [0, 0.05) is 11.8 Å². The number of rotatable bonds is 4. The van der Waals surface area contributed by atoms with Crippen molar-refractivity contribution in [2.75, 3.05) is 12.3 Å². The number of nitrogens with zero attached hydrogens (tertiary/aromatic N) is 2. The molecular formula is C13H17N3O6. The highest BCUT2D eigenvalue weighted by Gasteiger charge is 2.43. The zero-order chi connectivity index (χ0) is 16.4. The van der Waals surface area contributed by atoms with Crippen molar-refractivity contribution in [1.29, 1.82) is 0 Å². The number of hydrogen-bond acceptors (Lipinski definition) is 8. The predicted molar refractivity (Wildman–Crippen MR) is 75.6 cm³/mol. The fourth-order valence-corrected chi connectivity index (χ4v) is 2.12. The van der Waals surface area contributed by atoms with Crippen molar-refractivity contribution >= 4 is 17.7 Å². The van der Waals surface area contributed by atoms with Crippen LogP contribution in [0.1, 0.15) is 18.7 Å². The summed E-state index contributed by atoms with van der Waals surface area (Å²) in [5.74, 6) is -0.296. The molecule has 0 unspecified atom stereocenters. The van der Waals surface area contributed by atoms with Gasteiger partial charge in [0.25, 0.3) is 0 Å². The highest BCUT2D eigenvalue weighted by atomic mass is 16.6. The maximum Gasteiger partial charge on any atom is 0.351 e. The SMILES string of the molecule is CC(=O)/C=C/c1cn([C@@H]2O[C@H](CO)[C@@H](O)[C@H]2O)c(=O)nc1N. The zero-order valence-electron chi connectivity index (χ0n) is 11.8. The van der Waals surface area contributed by atoms with E-state index in [-0.39, 0.29) is 17.2 Å². The van der Waals surface area contributed by atoms with Crippen LogP contribution in [-0.2, 0) is 9.53 Å². The number of aromatic nitrogens is 2. The summed E-state index contributed by atoms with van der Waals surface area (Å²) in [5.41, 5.74) is 5.11. The van der Waals surface area contributed by atoms with Crippen LogP contribution in [0.25, 0.3) is 6.08 Å². The Labute approximate surface area is 125 Å². The van der Waals surface area contributed by atoms with Gasteiger partial charge in [-0.1, -0.05) is 0 Å². The van der Waals surface area contributed by atoms with Crippen molar-refractivity contribution in [2.45, 2.75) is 31.5 Å². The minimum Gasteiger partial charge on any atom is -0.394 e. The fourth-order valence-electron chi connectivity index (χ4n) is 2.12. The molecule has 1 aromatic heterocycles. The van der Waals surface area contributed by atoms with E-state index in [1.807, 2.05) is 0 Å². The molecule has 1 fully saturated rings. The first-order chi connectivity index (χ1) is 10.3. The van der Waals surface area contributed by atoms with Crippen LogP contribution >= 0.6 is 0 Å². The number of anilines is 1. The minimum absolute atomic E-state index is 0.0782. The first-order valence-corrected chi connectivity index (χ1v) is 6.55. The van der Waals surface area contributed by atoms with Gasteiger partial charge in [-0.05, 0) is 19.1 Å². The van der Waals surface area contributed by atoms with Crippen molar-refractivity contribution in [3.8, 4) is 0 Å². The zero-order valence-corrected chi connectivity index (χ0v) is 11.8. The average molecular weight is 311 g/mol. The quantitative estimate of drug-likeness (QED) is 0.468. The summed E-state index contributed by atoms with van der Waals surface area (Å²) in [6.07, 6.45) is -1.08. The van der Waals surface area contributed by atoms with Crippen molar-refractivity contribution in [3.63, 3.8) is 0 Å². The van der Waals surface area contributed by atoms with E-state index in [0.29, 0.717) is 0 Å². The highest BCUT2D eigenvalue weighted by molar-refractivity contribution is 5.92. The van der Waals surface area contributed by atoms with Crippen LogP contribution < -0.4 is 11.4 Å².